The Bertz CT molecular complexity index is 615. The van der Waals surface area contributed by atoms with Crippen LogP contribution in [0.4, 0.5) is 4.39 Å². The van der Waals surface area contributed by atoms with Crippen molar-refractivity contribution >= 4 is 23.2 Å². The molecule has 1 atom stereocenters. The van der Waals surface area contributed by atoms with Gasteiger partial charge in [0.05, 0.1) is 16.1 Å². The standard InChI is InChI=1S/C15H13Cl2FO2/c1-9(19)12-4-3-11(7-15(12)18)20-8-10-2-5-13(16)14(17)6-10/h2-7,9,19H,8H2,1H3/t9-/m1/s1. The molecular weight excluding hydrogens is 302 g/mol. The minimum absolute atomic E-state index is 0.242. The molecule has 0 bridgehead atoms. The van der Waals surface area contributed by atoms with E-state index < -0.39 is 11.9 Å². The Labute approximate surface area is 126 Å². The molecule has 0 unspecified atom stereocenters. The lowest BCUT2D eigenvalue weighted by atomic mass is 10.1. The molecule has 0 fully saturated rings. The molecule has 0 spiro atoms. The van der Waals surface area contributed by atoms with Gasteiger partial charge in [-0.2, -0.15) is 0 Å². The number of ether oxygens (including phenoxy) is 1. The van der Waals surface area contributed by atoms with Crippen LogP contribution in [0.5, 0.6) is 5.75 Å². The first-order chi connectivity index (χ1) is 9.47. The summed E-state index contributed by atoms with van der Waals surface area (Å²) in [5.74, 6) is -0.107. The van der Waals surface area contributed by atoms with E-state index in [1.165, 1.54) is 19.1 Å². The van der Waals surface area contributed by atoms with E-state index in [2.05, 4.69) is 0 Å². The lowest BCUT2D eigenvalue weighted by Gasteiger charge is -2.10. The van der Waals surface area contributed by atoms with Crippen LogP contribution in [0.1, 0.15) is 24.2 Å². The highest BCUT2D eigenvalue weighted by Crippen LogP contribution is 2.25. The minimum atomic E-state index is -0.848. The molecule has 2 aromatic rings. The first-order valence-electron chi connectivity index (χ1n) is 6.01. The van der Waals surface area contributed by atoms with Crippen molar-refractivity contribution in [2.45, 2.75) is 19.6 Å². The lowest BCUT2D eigenvalue weighted by Crippen LogP contribution is -1.99. The molecule has 0 aliphatic heterocycles. The molecule has 2 nitrogen and oxygen atoms in total. The van der Waals surface area contributed by atoms with Crippen molar-refractivity contribution < 1.29 is 14.2 Å². The van der Waals surface area contributed by atoms with Crippen molar-refractivity contribution in [1.29, 1.82) is 0 Å². The van der Waals surface area contributed by atoms with E-state index in [1.54, 1.807) is 24.3 Å². The molecule has 0 saturated carbocycles. The van der Waals surface area contributed by atoms with Gasteiger partial charge >= 0.3 is 0 Å². The van der Waals surface area contributed by atoms with Gasteiger partial charge in [0.1, 0.15) is 18.2 Å². The summed E-state index contributed by atoms with van der Waals surface area (Å²) < 4.78 is 19.1. The third-order valence-electron chi connectivity index (χ3n) is 2.81. The van der Waals surface area contributed by atoms with Crippen molar-refractivity contribution in [3.63, 3.8) is 0 Å². The zero-order valence-corrected chi connectivity index (χ0v) is 12.2. The number of halogens is 3. The summed E-state index contributed by atoms with van der Waals surface area (Å²) in [6.07, 6.45) is -0.848. The lowest BCUT2D eigenvalue weighted by molar-refractivity contribution is 0.194. The average Bonchev–Trinajstić information content (AvgIpc) is 2.40. The average molecular weight is 315 g/mol. The Morgan fingerprint density at radius 3 is 2.50 bits per heavy atom. The highest BCUT2D eigenvalue weighted by atomic mass is 35.5. The van der Waals surface area contributed by atoms with Crippen LogP contribution in [0.25, 0.3) is 0 Å². The molecule has 0 heterocycles. The molecular formula is C15H13Cl2FO2. The molecule has 0 aliphatic rings. The molecule has 2 rings (SSSR count). The van der Waals surface area contributed by atoms with Crippen LogP contribution >= 0.6 is 23.2 Å². The maximum atomic E-state index is 13.7. The second-order valence-electron chi connectivity index (χ2n) is 4.40. The first-order valence-corrected chi connectivity index (χ1v) is 6.77. The van der Waals surface area contributed by atoms with Crippen LogP contribution in [-0.4, -0.2) is 5.11 Å². The molecule has 106 valence electrons. The Kier molecular flexibility index (Phi) is 4.86. The summed E-state index contributed by atoms with van der Waals surface area (Å²) in [6, 6.07) is 9.53. The van der Waals surface area contributed by atoms with E-state index in [0.717, 1.165) is 5.56 Å². The van der Waals surface area contributed by atoms with Crippen LogP contribution in [0.2, 0.25) is 10.0 Å². The maximum Gasteiger partial charge on any atom is 0.132 e. The molecule has 0 radical (unpaired) electrons. The van der Waals surface area contributed by atoms with E-state index in [9.17, 15) is 9.50 Å². The third-order valence-corrected chi connectivity index (χ3v) is 3.55. The van der Waals surface area contributed by atoms with Crippen molar-refractivity contribution in [1.82, 2.24) is 0 Å². The molecule has 20 heavy (non-hydrogen) atoms. The topological polar surface area (TPSA) is 29.5 Å². The Morgan fingerprint density at radius 2 is 1.90 bits per heavy atom. The van der Waals surface area contributed by atoms with Crippen LogP contribution in [0.3, 0.4) is 0 Å². The predicted molar refractivity (Wildman–Crippen MR) is 77.8 cm³/mol. The zero-order chi connectivity index (χ0) is 14.7. The second-order valence-corrected chi connectivity index (χ2v) is 5.21. The zero-order valence-electron chi connectivity index (χ0n) is 10.7. The monoisotopic (exact) mass is 314 g/mol. The quantitative estimate of drug-likeness (QED) is 0.881. The van der Waals surface area contributed by atoms with Gasteiger partial charge in [0, 0.05) is 11.6 Å². The molecule has 0 saturated heterocycles. The van der Waals surface area contributed by atoms with Gasteiger partial charge in [-0.3, -0.25) is 0 Å². The van der Waals surface area contributed by atoms with Gasteiger partial charge in [-0.1, -0.05) is 29.3 Å². The van der Waals surface area contributed by atoms with Gasteiger partial charge in [-0.05, 0) is 36.8 Å². The second kappa shape index (κ2) is 6.44. The van der Waals surface area contributed by atoms with Gasteiger partial charge in [0.25, 0.3) is 0 Å². The third kappa shape index (κ3) is 3.63. The Hall–Kier alpha value is -1.29. The summed E-state index contributed by atoms with van der Waals surface area (Å²) in [7, 11) is 0. The van der Waals surface area contributed by atoms with E-state index in [4.69, 9.17) is 27.9 Å². The maximum absolute atomic E-state index is 13.7. The van der Waals surface area contributed by atoms with E-state index >= 15 is 0 Å². The molecule has 2 aromatic carbocycles. The first kappa shape index (κ1) is 15.1. The smallest absolute Gasteiger partial charge is 0.132 e. The van der Waals surface area contributed by atoms with Crippen molar-refractivity contribution in [3.05, 3.63) is 63.4 Å². The number of benzene rings is 2. The molecule has 5 heteroatoms. The molecule has 0 aromatic heterocycles. The number of hydrogen-bond acceptors (Lipinski definition) is 2. The van der Waals surface area contributed by atoms with Gasteiger partial charge < -0.3 is 9.84 Å². The predicted octanol–water partition coefficient (Wildman–Crippen LogP) is 4.76. The Balaban J connectivity index is 2.07. The van der Waals surface area contributed by atoms with Crippen molar-refractivity contribution in [3.8, 4) is 5.75 Å². The van der Waals surface area contributed by atoms with E-state index in [1.807, 2.05) is 0 Å². The summed E-state index contributed by atoms with van der Waals surface area (Å²) in [4.78, 5) is 0. The van der Waals surface area contributed by atoms with Gasteiger partial charge in [0.2, 0.25) is 0 Å². The highest BCUT2D eigenvalue weighted by Gasteiger charge is 2.09. The summed E-state index contributed by atoms with van der Waals surface area (Å²) >= 11 is 11.7. The van der Waals surface area contributed by atoms with E-state index in [-0.39, 0.29) is 12.2 Å². The van der Waals surface area contributed by atoms with Gasteiger partial charge in [0.15, 0.2) is 0 Å². The van der Waals surface area contributed by atoms with Crippen LogP contribution in [-0.2, 0) is 6.61 Å². The summed E-state index contributed by atoms with van der Waals surface area (Å²) in [5.41, 5.74) is 1.08. The van der Waals surface area contributed by atoms with Crippen LogP contribution < -0.4 is 4.74 Å². The molecule has 0 aliphatic carbocycles. The molecule has 0 amide bonds. The number of rotatable bonds is 4. The van der Waals surface area contributed by atoms with Crippen LogP contribution in [0.15, 0.2) is 36.4 Å². The summed E-state index contributed by atoms with van der Waals surface area (Å²) in [5, 5.41) is 10.3. The normalized spacial score (nSPS) is 12.2. The fraction of sp³-hybridized carbons (Fsp3) is 0.200. The number of aliphatic hydroxyl groups excluding tert-OH is 1. The number of aliphatic hydroxyl groups is 1. The molecule has 1 N–H and O–H groups in total. The van der Waals surface area contributed by atoms with Crippen LogP contribution in [0, 0.1) is 5.82 Å². The fourth-order valence-corrected chi connectivity index (χ4v) is 2.05. The van der Waals surface area contributed by atoms with Crippen molar-refractivity contribution in [2.75, 3.05) is 0 Å². The Morgan fingerprint density at radius 1 is 1.15 bits per heavy atom. The summed E-state index contributed by atoms with van der Waals surface area (Å²) in [6.45, 7) is 1.76. The minimum Gasteiger partial charge on any atom is -0.489 e. The fourth-order valence-electron chi connectivity index (χ4n) is 1.73. The largest absolute Gasteiger partial charge is 0.489 e. The van der Waals surface area contributed by atoms with Gasteiger partial charge in [-0.15, -0.1) is 0 Å². The van der Waals surface area contributed by atoms with Gasteiger partial charge in [-0.25, -0.2) is 4.39 Å². The van der Waals surface area contributed by atoms with E-state index in [0.29, 0.717) is 15.8 Å². The highest BCUT2D eigenvalue weighted by molar-refractivity contribution is 6.42. The number of hydrogen-bond donors (Lipinski definition) is 1. The SMILES string of the molecule is C[C@@H](O)c1ccc(OCc2ccc(Cl)c(Cl)c2)cc1F. The van der Waals surface area contributed by atoms with Crippen molar-refractivity contribution in [2.24, 2.45) is 0 Å².